The van der Waals surface area contributed by atoms with Crippen molar-refractivity contribution in [2.45, 2.75) is 0 Å². The number of hydrogen-bond donors (Lipinski definition) is 3. The number of nitrogens with zero attached hydrogens (tertiary/aromatic N) is 1. The third kappa shape index (κ3) is 7.31. The van der Waals surface area contributed by atoms with Crippen LogP contribution in [0.5, 0.6) is 11.5 Å². The van der Waals surface area contributed by atoms with Crippen LogP contribution in [0.15, 0.2) is 23.3 Å². The number of ether oxygens (including phenoxy) is 3. The molecule has 1 rings (SSSR count). The number of hydrazone groups is 1. The molecule has 2 amide bonds. The highest BCUT2D eigenvalue weighted by Gasteiger charge is 2.11. The molecule has 0 fully saturated rings. The van der Waals surface area contributed by atoms with Crippen molar-refractivity contribution in [3.05, 3.63) is 23.8 Å². The Kier molecular flexibility index (Phi) is 8.44. The third-order valence-electron chi connectivity index (χ3n) is 2.72. The Morgan fingerprint density at radius 3 is 2.60 bits per heavy atom. The zero-order valence-electron chi connectivity index (χ0n) is 13.8. The first-order chi connectivity index (χ1) is 12.0. The van der Waals surface area contributed by atoms with Crippen LogP contribution in [0, 0.1) is 0 Å². The maximum atomic E-state index is 11.5. The summed E-state index contributed by atoms with van der Waals surface area (Å²) in [5.74, 6) is -2.30. The number of rotatable bonds is 9. The second-order valence-electron chi connectivity index (χ2n) is 4.54. The molecule has 0 unspecified atom stereocenters. The number of carboxylic acids is 1. The van der Waals surface area contributed by atoms with Crippen LogP contribution < -0.4 is 20.2 Å². The molecule has 10 heteroatoms. The summed E-state index contributed by atoms with van der Waals surface area (Å²) in [7, 11) is 2.87. The lowest BCUT2D eigenvalue weighted by Crippen LogP contribution is -2.39. The predicted molar refractivity (Wildman–Crippen MR) is 86.7 cm³/mol. The summed E-state index contributed by atoms with van der Waals surface area (Å²) in [6.45, 7) is -0.00210. The monoisotopic (exact) mass is 353 g/mol. The summed E-state index contributed by atoms with van der Waals surface area (Å²) in [5, 5.41) is 14.6. The van der Waals surface area contributed by atoms with E-state index in [1.165, 1.54) is 32.6 Å². The van der Waals surface area contributed by atoms with Crippen LogP contribution in [0.3, 0.4) is 0 Å². The Balaban J connectivity index is 2.60. The van der Waals surface area contributed by atoms with Crippen LogP contribution >= 0.6 is 0 Å². The van der Waals surface area contributed by atoms with Gasteiger partial charge in [-0.2, -0.15) is 5.10 Å². The van der Waals surface area contributed by atoms with Gasteiger partial charge in [0.1, 0.15) is 0 Å². The average Bonchev–Trinajstić information content (AvgIpc) is 2.60. The van der Waals surface area contributed by atoms with E-state index in [1.54, 1.807) is 6.07 Å². The molecule has 3 N–H and O–H groups in total. The molecule has 10 nitrogen and oxygen atoms in total. The maximum Gasteiger partial charge on any atom is 0.341 e. The van der Waals surface area contributed by atoms with E-state index in [0.717, 1.165) is 0 Å². The van der Waals surface area contributed by atoms with Gasteiger partial charge in [0.05, 0.1) is 19.9 Å². The van der Waals surface area contributed by atoms with Crippen molar-refractivity contribution in [2.75, 3.05) is 34.0 Å². The van der Waals surface area contributed by atoms with E-state index in [4.69, 9.17) is 19.3 Å². The molecule has 0 aromatic heterocycles. The van der Waals surface area contributed by atoms with Gasteiger partial charge >= 0.3 is 17.8 Å². The van der Waals surface area contributed by atoms with Gasteiger partial charge in [-0.25, -0.2) is 10.2 Å². The highest BCUT2D eigenvalue weighted by Crippen LogP contribution is 2.27. The number of nitrogens with one attached hydrogen (secondary N) is 2. The molecule has 0 aliphatic heterocycles. The molecule has 0 aliphatic carbocycles. The Labute approximate surface area is 143 Å². The molecule has 0 spiro atoms. The number of aliphatic carboxylic acids is 1. The summed E-state index contributed by atoms with van der Waals surface area (Å²) in [6, 6.07) is 4.61. The zero-order chi connectivity index (χ0) is 18.7. The van der Waals surface area contributed by atoms with E-state index < -0.39 is 24.4 Å². The fourth-order valence-corrected chi connectivity index (χ4v) is 1.59. The maximum absolute atomic E-state index is 11.5. The van der Waals surface area contributed by atoms with Crippen LogP contribution in [0.2, 0.25) is 0 Å². The highest BCUT2D eigenvalue weighted by atomic mass is 16.5. The lowest BCUT2D eigenvalue weighted by molar-refractivity contribution is -0.139. The number of amides is 2. The van der Waals surface area contributed by atoms with Crippen LogP contribution in [-0.4, -0.2) is 63.1 Å². The molecule has 0 saturated heterocycles. The fraction of sp³-hybridized carbons (Fsp3) is 0.333. The zero-order valence-corrected chi connectivity index (χ0v) is 13.8. The Morgan fingerprint density at radius 1 is 1.20 bits per heavy atom. The third-order valence-corrected chi connectivity index (χ3v) is 2.72. The average molecular weight is 353 g/mol. The van der Waals surface area contributed by atoms with Crippen molar-refractivity contribution >= 4 is 24.0 Å². The minimum absolute atomic E-state index is 0.210. The van der Waals surface area contributed by atoms with E-state index in [1.807, 2.05) is 0 Å². The van der Waals surface area contributed by atoms with Crippen molar-refractivity contribution in [3.8, 4) is 11.5 Å². The molecule has 25 heavy (non-hydrogen) atoms. The van der Waals surface area contributed by atoms with Crippen LogP contribution in [-0.2, 0) is 19.1 Å². The standard InChI is InChI=1S/C15H19N3O7/c1-23-6-5-16-14(21)15(22)18-17-8-10-3-4-11(12(7-10)24-2)25-9-13(19)20/h3-4,7-8H,5-6,9H2,1-2H3,(H,16,21)(H,18,22)(H,19,20)/b17-8-. The topological polar surface area (TPSA) is 136 Å². The lowest BCUT2D eigenvalue weighted by Gasteiger charge is -2.09. The second-order valence-corrected chi connectivity index (χ2v) is 4.54. The number of hydrogen-bond acceptors (Lipinski definition) is 7. The van der Waals surface area contributed by atoms with Gasteiger partial charge in [-0.05, 0) is 23.8 Å². The fourth-order valence-electron chi connectivity index (χ4n) is 1.59. The SMILES string of the molecule is COCCNC(=O)C(=O)N/N=C\c1ccc(OCC(=O)O)c(OC)c1. The van der Waals surface area contributed by atoms with E-state index >= 15 is 0 Å². The van der Waals surface area contributed by atoms with E-state index in [2.05, 4.69) is 15.8 Å². The summed E-state index contributed by atoms with van der Waals surface area (Å²) < 4.78 is 14.9. The summed E-state index contributed by atoms with van der Waals surface area (Å²) in [5.41, 5.74) is 2.62. The van der Waals surface area contributed by atoms with Crippen molar-refractivity contribution in [1.29, 1.82) is 0 Å². The molecule has 136 valence electrons. The van der Waals surface area contributed by atoms with Crippen molar-refractivity contribution < 1.29 is 33.7 Å². The number of methoxy groups -OCH3 is 2. The first-order valence-corrected chi connectivity index (χ1v) is 7.10. The number of carboxylic acid groups (broad SMARTS) is 1. The second kappa shape index (κ2) is 10.6. The van der Waals surface area contributed by atoms with Gasteiger partial charge in [-0.15, -0.1) is 0 Å². The highest BCUT2D eigenvalue weighted by molar-refractivity contribution is 6.35. The Morgan fingerprint density at radius 2 is 1.96 bits per heavy atom. The van der Waals surface area contributed by atoms with Gasteiger partial charge in [0.15, 0.2) is 18.1 Å². The minimum Gasteiger partial charge on any atom is -0.493 e. The lowest BCUT2D eigenvalue weighted by atomic mass is 10.2. The first kappa shape index (κ1) is 19.9. The molecular formula is C15H19N3O7. The van der Waals surface area contributed by atoms with Crippen LogP contribution in [0.1, 0.15) is 5.56 Å². The summed E-state index contributed by atoms with van der Waals surface area (Å²) in [6.07, 6.45) is 1.30. The van der Waals surface area contributed by atoms with Gasteiger partial charge in [0.2, 0.25) is 0 Å². The Hall–Kier alpha value is -3.14. The molecule has 1 aromatic rings. The van der Waals surface area contributed by atoms with Gasteiger partial charge < -0.3 is 24.6 Å². The van der Waals surface area contributed by atoms with Crippen LogP contribution in [0.4, 0.5) is 0 Å². The molecule has 0 aliphatic rings. The smallest absolute Gasteiger partial charge is 0.341 e. The van der Waals surface area contributed by atoms with Crippen molar-refractivity contribution in [2.24, 2.45) is 5.10 Å². The first-order valence-electron chi connectivity index (χ1n) is 7.10. The molecule has 0 radical (unpaired) electrons. The normalized spacial score (nSPS) is 10.3. The summed E-state index contributed by atoms with van der Waals surface area (Å²) >= 11 is 0. The van der Waals surface area contributed by atoms with Gasteiger partial charge in [-0.3, -0.25) is 9.59 Å². The Bertz CT molecular complexity index is 646. The van der Waals surface area contributed by atoms with Crippen molar-refractivity contribution in [1.82, 2.24) is 10.7 Å². The predicted octanol–water partition coefficient (Wildman–Crippen LogP) is -0.629. The molecule has 1 aromatic carbocycles. The van der Waals surface area contributed by atoms with Gasteiger partial charge in [0.25, 0.3) is 0 Å². The minimum atomic E-state index is -1.11. The van der Waals surface area contributed by atoms with Crippen LogP contribution in [0.25, 0.3) is 0 Å². The van der Waals surface area contributed by atoms with Gasteiger partial charge in [0, 0.05) is 13.7 Å². The number of carbonyl (C=O) groups is 3. The number of carbonyl (C=O) groups excluding carboxylic acids is 2. The van der Waals surface area contributed by atoms with E-state index in [-0.39, 0.29) is 12.3 Å². The summed E-state index contributed by atoms with van der Waals surface area (Å²) in [4.78, 5) is 33.4. The molecular weight excluding hydrogens is 334 g/mol. The van der Waals surface area contributed by atoms with Gasteiger partial charge in [-0.1, -0.05) is 0 Å². The quantitative estimate of drug-likeness (QED) is 0.233. The molecule has 0 bridgehead atoms. The molecule has 0 saturated carbocycles. The molecule has 0 atom stereocenters. The number of benzene rings is 1. The molecule has 0 heterocycles. The largest absolute Gasteiger partial charge is 0.493 e. The van der Waals surface area contributed by atoms with Crippen molar-refractivity contribution in [3.63, 3.8) is 0 Å². The van der Waals surface area contributed by atoms with E-state index in [0.29, 0.717) is 17.9 Å². The van der Waals surface area contributed by atoms with E-state index in [9.17, 15) is 14.4 Å².